The molecule has 1 aliphatic heterocycles. The van der Waals surface area contributed by atoms with Gasteiger partial charge in [0.05, 0.1) is 28.3 Å². The monoisotopic (exact) mass is 563 g/mol. The summed E-state index contributed by atoms with van der Waals surface area (Å²) in [5, 5.41) is 3.03. The number of carbonyl (C=O) groups is 1. The molecule has 1 amide bonds. The van der Waals surface area contributed by atoms with Gasteiger partial charge >= 0.3 is 0 Å². The molecule has 3 aromatic rings. The van der Waals surface area contributed by atoms with Gasteiger partial charge in [0.1, 0.15) is 12.3 Å². The zero-order valence-corrected chi connectivity index (χ0v) is 22.4. The van der Waals surface area contributed by atoms with Gasteiger partial charge in [0.25, 0.3) is 10.0 Å². The first-order valence-electron chi connectivity index (χ1n) is 11.4. The number of ether oxygens (including phenoxy) is 1. The first-order valence-corrected chi connectivity index (χ1v) is 14.7. The van der Waals surface area contributed by atoms with Gasteiger partial charge in [-0.1, -0.05) is 29.8 Å². The van der Waals surface area contributed by atoms with Crippen LogP contribution in [-0.4, -0.2) is 53.8 Å². The van der Waals surface area contributed by atoms with Crippen LogP contribution in [0.15, 0.2) is 82.6 Å². The lowest BCUT2D eigenvalue weighted by Crippen LogP contribution is -2.38. The minimum absolute atomic E-state index is 0.00837. The summed E-state index contributed by atoms with van der Waals surface area (Å²) >= 11 is 5.98. The molecule has 196 valence electrons. The molecule has 12 heteroatoms. The van der Waals surface area contributed by atoms with Gasteiger partial charge in [0.2, 0.25) is 15.9 Å². The van der Waals surface area contributed by atoms with Crippen LogP contribution in [0.25, 0.3) is 0 Å². The Labute approximate surface area is 221 Å². The Morgan fingerprint density at radius 1 is 0.946 bits per heavy atom. The van der Waals surface area contributed by atoms with Crippen molar-refractivity contribution in [2.45, 2.75) is 22.6 Å². The molecule has 0 unspecified atom stereocenters. The fraction of sp³-hybridized carbons (Fsp3) is 0.240. The summed E-state index contributed by atoms with van der Waals surface area (Å²) in [7, 11) is -6.47. The number of nitrogens with zero attached hydrogens (tertiary/aromatic N) is 2. The summed E-state index contributed by atoms with van der Waals surface area (Å²) < 4.78 is 60.6. The van der Waals surface area contributed by atoms with Crippen molar-refractivity contribution in [2.75, 3.05) is 36.4 Å². The minimum Gasteiger partial charge on any atom is -0.495 e. The molecular formula is C25H26ClN3O6S2. The van der Waals surface area contributed by atoms with Gasteiger partial charge in [-0.3, -0.25) is 9.10 Å². The van der Waals surface area contributed by atoms with Crippen molar-refractivity contribution >= 4 is 48.9 Å². The number of amides is 1. The van der Waals surface area contributed by atoms with Crippen LogP contribution >= 0.6 is 11.6 Å². The molecule has 0 aliphatic carbocycles. The summed E-state index contributed by atoms with van der Waals surface area (Å²) in [5.41, 5.74) is 0.349. The van der Waals surface area contributed by atoms with Gasteiger partial charge in [-0.2, -0.15) is 4.31 Å². The standard InChI is InChI=1S/C25H26ClN3O6S2/c1-35-24-14-13-22(36(31,32)28-15-5-6-16-28)17-23(24)27-25(30)18-29(20-11-9-19(26)10-12-20)37(33,34)21-7-3-2-4-8-21/h2-4,7-14,17H,5-6,15-16,18H2,1H3,(H,27,30). The highest BCUT2D eigenvalue weighted by Gasteiger charge is 2.30. The van der Waals surface area contributed by atoms with Crippen LogP contribution in [0, 0.1) is 0 Å². The zero-order chi connectivity index (χ0) is 26.6. The number of sulfonamides is 2. The van der Waals surface area contributed by atoms with Crippen LogP contribution in [0.3, 0.4) is 0 Å². The predicted octanol–water partition coefficient (Wildman–Crippen LogP) is 3.97. The van der Waals surface area contributed by atoms with E-state index in [9.17, 15) is 21.6 Å². The fourth-order valence-corrected chi connectivity index (χ4v) is 7.10. The Kier molecular flexibility index (Phi) is 8.08. The predicted molar refractivity (Wildman–Crippen MR) is 142 cm³/mol. The SMILES string of the molecule is COc1ccc(S(=O)(=O)N2CCCC2)cc1NC(=O)CN(c1ccc(Cl)cc1)S(=O)(=O)c1ccccc1. The van der Waals surface area contributed by atoms with E-state index in [0.717, 1.165) is 17.1 Å². The summed E-state index contributed by atoms with van der Waals surface area (Å²) in [6.45, 7) is 0.290. The third kappa shape index (κ3) is 5.90. The van der Waals surface area contributed by atoms with Gasteiger partial charge in [-0.15, -0.1) is 0 Å². The van der Waals surface area contributed by atoms with Gasteiger partial charge < -0.3 is 10.1 Å². The van der Waals surface area contributed by atoms with Crippen LogP contribution in [-0.2, 0) is 24.8 Å². The second-order valence-corrected chi connectivity index (χ2v) is 12.6. The molecule has 1 aliphatic rings. The molecule has 9 nitrogen and oxygen atoms in total. The van der Waals surface area contributed by atoms with Gasteiger partial charge in [-0.25, -0.2) is 16.8 Å². The molecule has 0 saturated carbocycles. The molecule has 1 heterocycles. The Morgan fingerprint density at radius 2 is 1.59 bits per heavy atom. The van der Waals surface area contributed by atoms with E-state index in [1.807, 2.05) is 0 Å². The Balaban J connectivity index is 1.65. The lowest BCUT2D eigenvalue weighted by Gasteiger charge is -2.24. The average molecular weight is 564 g/mol. The molecule has 0 atom stereocenters. The van der Waals surface area contributed by atoms with E-state index in [1.54, 1.807) is 18.2 Å². The zero-order valence-electron chi connectivity index (χ0n) is 20.0. The number of nitrogens with one attached hydrogen (secondary N) is 1. The highest BCUT2D eigenvalue weighted by Crippen LogP contribution is 2.31. The summed E-state index contributed by atoms with van der Waals surface area (Å²) in [5.74, 6) is -0.457. The second kappa shape index (κ2) is 11.1. The maximum Gasteiger partial charge on any atom is 0.264 e. The van der Waals surface area contributed by atoms with Crippen molar-refractivity contribution in [3.63, 3.8) is 0 Å². The first-order chi connectivity index (χ1) is 17.6. The summed E-state index contributed by atoms with van der Waals surface area (Å²) in [4.78, 5) is 13.2. The van der Waals surface area contributed by atoms with Gasteiger partial charge in [0, 0.05) is 18.1 Å². The lowest BCUT2D eigenvalue weighted by molar-refractivity contribution is -0.114. The average Bonchev–Trinajstić information content (AvgIpc) is 3.44. The second-order valence-electron chi connectivity index (χ2n) is 8.32. The number of halogens is 1. The van der Waals surface area contributed by atoms with Crippen LogP contribution in [0.2, 0.25) is 5.02 Å². The number of hydrogen-bond donors (Lipinski definition) is 1. The van der Waals surface area contributed by atoms with Crippen LogP contribution in [0.1, 0.15) is 12.8 Å². The highest BCUT2D eigenvalue weighted by atomic mass is 35.5. The molecule has 0 bridgehead atoms. The Bertz CT molecular complexity index is 1470. The van der Waals surface area contributed by atoms with E-state index in [1.165, 1.54) is 66.0 Å². The highest BCUT2D eigenvalue weighted by molar-refractivity contribution is 7.92. The molecule has 1 N–H and O–H groups in total. The van der Waals surface area contributed by atoms with E-state index in [-0.39, 0.29) is 26.9 Å². The number of methoxy groups -OCH3 is 1. The quantitative estimate of drug-likeness (QED) is 0.421. The van der Waals surface area contributed by atoms with Crippen molar-refractivity contribution in [3.05, 3.63) is 77.8 Å². The van der Waals surface area contributed by atoms with Crippen molar-refractivity contribution in [2.24, 2.45) is 0 Å². The van der Waals surface area contributed by atoms with Crippen LogP contribution in [0.4, 0.5) is 11.4 Å². The minimum atomic E-state index is -4.12. The number of carbonyl (C=O) groups excluding carboxylic acids is 1. The van der Waals surface area contributed by atoms with Gasteiger partial charge in [0.15, 0.2) is 0 Å². The van der Waals surface area contributed by atoms with Crippen molar-refractivity contribution in [3.8, 4) is 5.75 Å². The summed E-state index contributed by atoms with van der Waals surface area (Å²) in [6.07, 6.45) is 1.57. The van der Waals surface area contributed by atoms with E-state index in [0.29, 0.717) is 18.1 Å². The maximum atomic E-state index is 13.5. The molecular weight excluding hydrogens is 538 g/mol. The van der Waals surface area contributed by atoms with Crippen molar-refractivity contribution in [1.82, 2.24) is 4.31 Å². The Hall–Kier alpha value is -3.12. The molecule has 1 saturated heterocycles. The smallest absolute Gasteiger partial charge is 0.264 e. The van der Waals surface area contributed by atoms with Gasteiger partial charge in [-0.05, 0) is 67.4 Å². The fourth-order valence-electron chi connectivity index (χ4n) is 3.99. The van der Waals surface area contributed by atoms with Crippen LogP contribution < -0.4 is 14.4 Å². The maximum absolute atomic E-state index is 13.5. The van der Waals surface area contributed by atoms with Crippen LogP contribution in [0.5, 0.6) is 5.75 Å². The molecule has 0 aromatic heterocycles. The number of anilines is 2. The normalized spacial score (nSPS) is 14.3. The third-order valence-electron chi connectivity index (χ3n) is 5.88. The topological polar surface area (TPSA) is 113 Å². The molecule has 0 radical (unpaired) electrons. The first kappa shape index (κ1) is 26.9. The summed E-state index contributed by atoms with van der Waals surface area (Å²) in [6, 6.07) is 18.0. The molecule has 37 heavy (non-hydrogen) atoms. The Morgan fingerprint density at radius 3 is 2.22 bits per heavy atom. The van der Waals surface area contributed by atoms with Crippen molar-refractivity contribution in [1.29, 1.82) is 0 Å². The number of rotatable bonds is 9. The van der Waals surface area contributed by atoms with Crippen molar-refractivity contribution < 1.29 is 26.4 Å². The van der Waals surface area contributed by atoms with E-state index in [4.69, 9.17) is 16.3 Å². The molecule has 1 fully saturated rings. The largest absolute Gasteiger partial charge is 0.495 e. The van der Waals surface area contributed by atoms with E-state index >= 15 is 0 Å². The number of hydrogen-bond acceptors (Lipinski definition) is 6. The molecule has 0 spiro atoms. The van der Waals surface area contributed by atoms with E-state index < -0.39 is 32.5 Å². The number of benzene rings is 3. The van der Waals surface area contributed by atoms with E-state index in [2.05, 4.69) is 5.32 Å². The lowest BCUT2D eigenvalue weighted by atomic mass is 10.3. The third-order valence-corrected chi connectivity index (χ3v) is 9.82. The molecule has 4 rings (SSSR count). The molecule has 3 aromatic carbocycles.